The first-order valence-corrected chi connectivity index (χ1v) is 8.13. The van der Waals surface area contributed by atoms with Crippen LogP contribution in [-0.4, -0.2) is 47.8 Å². The topological polar surface area (TPSA) is 66.8 Å². The summed E-state index contributed by atoms with van der Waals surface area (Å²) in [6.07, 6.45) is -0.168. The Balaban J connectivity index is 1.81. The summed E-state index contributed by atoms with van der Waals surface area (Å²) in [5.41, 5.74) is -1.52. The molecule has 1 N–H and O–H groups in total. The largest absolute Gasteiger partial charge is 0.497 e. The molecule has 1 amide bonds. The Morgan fingerprint density at radius 1 is 1.24 bits per heavy atom. The van der Waals surface area contributed by atoms with Crippen molar-refractivity contribution in [2.24, 2.45) is 0 Å². The molecule has 0 spiro atoms. The van der Waals surface area contributed by atoms with E-state index in [9.17, 15) is 14.0 Å². The number of alkyl halides is 1. The summed E-state index contributed by atoms with van der Waals surface area (Å²) in [7, 11) is 1.61. The molecular weight excluding hydrogens is 325 g/mol. The standard InChI is InChI=1S/C19H20FNO4/c1-12(17(22)21-8-7-19(20,11-21)18(23)24)13-3-4-15-10-16(25-2)6-5-14(15)9-13/h3-6,9-10,12H,7-8,11H2,1-2H3,(H,23,24)/t12-,19?/m0/s1. The van der Waals surface area contributed by atoms with Gasteiger partial charge in [-0.05, 0) is 35.4 Å². The third-order valence-electron chi connectivity index (χ3n) is 4.86. The smallest absolute Gasteiger partial charge is 0.343 e. The van der Waals surface area contributed by atoms with E-state index in [1.165, 1.54) is 4.90 Å². The minimum atomic E-state index is -2.34. The molecule has 0 bridgehead atoms. The number of aliphatic carboxylic acids is 1. The van der Waals surface area contributed by atoms with Crippen molar-refractivity contribution < 1.29 is 23.8 Å². The Morgan fingerprint density at radius 3 is 2.56 bits per heavy atom. The quantitative estimate of drug-likeness (QED) is 0.925. The lowest BCUT2D eigenvalue weighted by molar-refractivity contribution is -0.150. The number of carbonyl (C=O) groups is 2. The Bertz CT molecular complexity index is 837. The maximum atomic E-state index is 14.2. The lowest BCUT2D eigenvalue weighted by atomic mass is 9.96. The molecule has 1 fully saturated rings. The molecule has 3 rings (SSSR count). The Hall–Kier alpha value is -2.63. The predicted octanol–water partition coefficient (Wildman–Crippen LogP) is 2.98. The van der Waals surface area contributed by atoms with E-state index in [0.29, 0.717) is 0 Å². The molecular formula is C19H20FNO4. The van der Waals surface area contributed by atoms with Crippen molar-refractivity contribution in [1.82, 2.24) is 4.90 Å². The molecule has 0 radical (unpaired) electrons. The Morgan fingerprint density at radius 2 is 1.92 bits per heavy atom. The maximum absolute atomic E-state index is 14.2. The van der Waals surface area contributed by atoms with Crippen LogP contribution in [0.2, 0.25) is 0 Å². The summed E-state index contributed by atoms with van der Waals surface area (Å²) in [5, 5.41) is 10.9. The lowest BCUT2D eigenvalue weighted by Crippen LogP contribution is -2.40. The highest BCUT2D eigenvalue weighted by molar-refractivity contribution is 5.89. The number of likely N-dealkylation sites (tertiary alicyclic amines) is 1. The number of amides is 1. The van der Waals surface area contributed by atoms with Crippen molar-refractivity contribution in [3.8, 4) is 5.75 Å². The molecule has 2 aromatic rings. The van der Waals surface area contributed by atoms with Crippen LogP contribution >= 0.6 is 0 Å². The molecule has 6 heteroatoms. The van der Waals surface area contributed by atoms with E-state index >= 15 is 0 Å². The third kappa shape index (κ3) is 3.16. The van der Waals surface area contributed by atoms with E-state index < -0.39 is 24.1 Å². The van der Waals surface area contributed by atoms with Crippen LogP contribution in [-0.2, 0) is 9.59 Å². The number of hydrogen-bond acceptors (Lipinski definition) is 3. The van der Waals surface area contributed by atoms with E-state index in [0.717, 1.165) is 22.1 Å². The number of ether oxygens (including phenoxy) is 1. The fraction of sp³-hybridized carbons (Fsp3) is 0.368. The van der Waals surface area contributed by atoms with Crippen LogP contribution < -0.4 is 4.74 Å². The number of carboxylic acid groups (broad SMARTS) is 1. The summed E-state index contributed by atoms with van der Waals surface area (Å²) >= 11 is 0. The Kier molecular flexibility index (Phi) is 4.37. The van der Waals surface area contributed by atoms with Gasteiger partial charge in [0.15, 0.2) is 0 Å². The SMILES string of the molecule is COc1ccc2cc([C@H](C)C(=O)N3CCC(F)(C(=O)O)C3)ccc2c1. The van der Waals surface area contributed by atoms with Gasteiger partial charge < -0.3 is 14.7 Å². The number of methoxy groups -OCH3 is 1. The average molecular weight is 345 g/mol. The molecule has 2 aromatic carbocycles. The van der Waals surface area contributed by atoms with E-state index in [1.54, 1.807) is 14.0 Å². The van der Waals surface area contributed by atoms with E-state index in [2.05, 4.69) is 0 Å². The number of hydrogen-bond donors (Lipinski definition) is 1. The van der Waals surface area contributed by atoms with E-state index in [-0.39, 0.29) is 18.9 Å². The van der Waals surface area contributed by atoms with Crippen molar-refractivity contribution in [1.29, 1.82) is 0 Å². The molecule has 0 aromatic heterocycles. The number of carbonyl (C=O) groups excluding carboxylic acids is 1. The van der Waals surface area contributed by atoms with Gasteiger partial charge in [-0.1, -0.05) is 24.3 Å². The fourth-order valence-electron chi connectivity index (χ4n) is 3.19. The Labute approximate surface area is 145 Å². The zero-order valence-corrected chi connectivity index (χ0v) is 14.2. The molecule has 1 saturated heterocycles. The van der Waals surface area contributed by atoms with Crippen molar-refractivity contribution in [2.45, 2.75) is 24.9 Å². The summed E-state index contributed by atoms with van der Waals surface area (Å²) in [6, 6.07) is 11.4. The number of halogens is 1. The van der Waals surface area contributed by atoms with Crippen LogP contribution in [0.5, 0.6) is 5.75 Å². The van der Waals surface area contributed by atoms with Gasteiger partial charge in [-0.3, -0.25) is 4.79 Å². The molecule has 1 heterocycles. The van der Waals surface area contributed by atoms with Gasteiger partial charge in [0.05, 0.1) is 19.6 Å². The molecule has 1 aliphatic rings. The van der Waals surface area contributed by atoms with Crippen LogP contribution in [0.3, 0.4) is 0 Å². The average Bonchev–Trinajstić information content (AvgIpc) is 3.03. The molecule has 132 valence electrons. The van der Waals surface area contributed by atoms with Crippen LogP contribution in [0.15, 0.2) is 36.4 Å². The van der Waals surface area contributed by atoms with Crippen molar-refractivity contribution in [3.05, 3.63) is 42.0 Å². The normalized spacial score (nSPS) is 21.3. The second kappa shape index (κ2) is 6.35. The van der Waals surface area contributed by atoms with Crippen LogP contribution in [0.25, 0.3) is 10.8 Å². The number of nitrogens with zero attached hydrogens (tertiary/aromatic N) is 1. The monoisotopic (exact) mass is 345 g/mol. The minimum Gasteiger partial charge on any atom is -0.497 e. The number of fused-ring (bicyclic) bond motifs is 1. The molecule has 0 aliphatic carbocycles. The van der Waals surface area contributed by atoms with Gasteiger partial charge in [0, 0.05) is 13.0 Å². The molecule has 0 saturated carbocycles. The summed E-state index contributed by atoms with van der Waals surface area (Å²) in [6.45, 7) is 1.49. The maximum Gasteiger partial charge on any atom is 0.343 e. The zero-order valence-electron chi connectivity index (χ0n) is 14.2. The van der Waals surface area contributed by atoms with Gasteiger partial charge in [0.25, 0.3) is 0 Å². The number of benzene rings is 2. The lowest BCUT2D eigenvalue weighted by Gasteiger charge is -2.22. The minimum absolute atomic E-state index is 0.122. The first-order chi connectivity index (χ1) is 11.8. The van der Waals surface area contributed by atoms with Crippen molar-refractivity contribution in [3.63, 3.8) is 0 Å². The van der Waals surface area contributed by atoms with Gasteiger partial charge >= 0.3 is 5.97 Å². The third-order valence-corrected chi connectivity index (χ3v) is 4.86. The highest BCUT2D eigenvalue weighted by atomic mass is 19.1. The van der Waals surface area contributed by atoms with Gasteiger partial charge in [-0.2, -0.15) is 0 Å². The molecule has 5 nitrogen and oxygen atoms in total. The molecule has 25 heavy (non-hydrogen) atoms. The van der Waals surface area contributed by atoms with Crippen molar-refractivity contribution in [2.75, 3.05) is 20.2 Å². The highest BCUT2D eigenvalue weighted by Crippen LogP contribution is 2.30. The molecule has 2 atom stereocenters. The predicted molar refractivity (Wildman–Crippen MR) is 91.6 cm³/mol. The second-order valence-electron chi connectivity index (χ2n) is 6.47. The van der Waals surface area contributed by atoms with Crippen LogP contribution in [0, 0.1) is 0 Å². The van der Waals surface area contributed by atoms with Gasteiger partial charge in [-0.15, -0.1) is 0 Å². The highest BCUT2D eigenvalue weighted by Gasteiger charge is 2.47. The summed E-state index contributed by atoms with van der Waals surface area (Å²) in [5.74, 6) is -1.47. The van der Waals surface area contributed by atoms with E-state index in [4.69, 9.17) is 9.84 Å². The van der Waals surface area contributed by atoms with Gasteiger partial charge in [0.2, 0.25) is 11.6 Å². The summed E-state index contributed by atoms with van der Waals surface area (Å²) < 4.78 is 19.4. The van der Waals surface area contributed by atoms with Crippen molar-refractivity contribution >= 4 is 22.6 Å². The number of rotatable bonds is 4. The van der Waals surface area contributed by atoms with Crippen LogP contribution in [0.1, 0.15) is 24.8 Å². The second-order valence-corrected chi connectivity index (χ2v) is 6.47. The van der Waals surface area contributed by atoms with E-state index in [1.807, 2.05) is 36.4 Å². The molecule has 1 unspecified atom stereocenters. The first-order valence-electron chi connectivity index (χ1n) is 8.13. The van der Waals surface area contributed by atoms with Crippen LogP contribution in [0.4, 0.5) is 4.39 Å². The summed E-state index contributed by atoms with van der Waals surface area (Å²) in [4.78, 5) is 24.9. The van der Waals surface area contributed by atoms with Gasteiger partial charge in [-0.25, -0.2) is 9.18 Å². The first kappa shape index (κ1) is 17.2. The zero-order chi connectivity index (χ0) is 18.2. The number of carboxylic acids is 1. The molecule has 1 aliphatic heterocycles. The van der Waals surface area contributed by atoms with Gasteiger partial charge in [0.1, 0.15) is 5.75 Å². The fourth-order valence-corrected chi connectivity index (χ4v) is 3.19.